The maximum atomic E-state index is 9.10. The Labute approximate surface area is 125 Å². The average Bonchev–Trinajstić information content (AvgIpc) is 2.51. The van der Waals surface area contributed by atoms with Crippen molar-refractivity contribution in [3.63, 3.8) is 0 Å². The maximum Gasteiger partial charge on any atom is 0.161 e. The Morgan fingerprint density at radius 3 is 2.81 bits per heavy atom. The van der Waals surface area contributed by atoms with Gasteiger partial charge in [0.25, 0.3) is 0 Å². The molecule has 0 N–H and O–H groups in total. The topological polar surface area (TPSA) is 69.3 Å². The summed E-state index contributed by atoms with van der Waals surface area (Å²) in [5.74, 6) is 1.43. The molecule has 5 nitrogen and oxygen atoms in total. The van der Waals surface area contributed by atoms with Gasteiger partial charge in [-0.3, -0.25) is 0 Å². The zero-order valence-electron chi connectivity index (χ0n) is 12.2. The highest BCUT2D eigenvalue weighted by molar-refractivity contribution is 5.40. The van der Waals surface area contributed by atoms with E-state index in [-0.39, 0.29) is 12.0 Å². The zero-order valence-corrected chi connectivity index (χ0v) is 12.2. The molecule has 1 aliphatic rings. The zero-order chi connectivity index (χ0) is 15.1. The molecule has 21 heavy (non-hydrogen) atoms. The van der Waals surface area contributed by atoms with Crippen LogP contribution in [0.3, 0.4) is 0 Å². The van der Waals surface area contributed by atoms with Gasteiger partial charge in [-0.1, -0.05) is 12.1 Å². The summed E-state index contributed by atoms with van der Waals surface area (Å²) < 4.78 is 11.6. The quantitative estimate of drug-likeness (QED) is 0.801. The Balaban J connectivity index is 1.83. The van der Waals surface area contributed by atoms with Gasteiger partial charge in [-0.15, -0.1) is 0 Å². The molecular formula is C16H19N3O2. The van der Waals surface area contributed by atoms with Gasteiger partial charge in [-0.25, -0.2) is 0 Å². The van der Waals surface area contributed by atoms with Gasteiger partial charge in [0.15, 0.2) is 11.5 Å². The van der Waals surface area contributed by atoms with Crippen LogP contribution in [0.4, 0.5) is 0 Å². The Kier molecular flexibility index (Phi) is 5.43. The molecule has 0 fully saturated rings. The Bertz CT molecular complexity index is 547. The minimum absolute atomic E-state index is 0.0415. The summed E-state index contributed by atoms with van der Waals surface area (Å²) in [4.78, 5) is 2.06. The third-order valence-corrected chi connectivity index (χ3v) is 3.40. The van der Waals surface area contributed by atoms with E-state index in [1.54, 1.807) is 0 Å². The fourth-order valence-electron chi connectivity index (χ4n) is 2.39. The van der Waals surface area contributed by atoms with Crippen LogP contribution >= 0.6 is 0 Å². The summed E-state index contributed by atoms with van der Waals surface area (Å²) in [5.41, 5.74) is 0. The van der Waals surface area contributed by atoms with E-state index in [1.807, 2.05) is 31.3 Å². The second-order valence-corrected chi connectivity index (χ2v) is 5.24. The molecule has 5 heteroatoms. The van der Waals surface area contributed by atoms with Crippen LogP contribution in [0.15, 0.2) is 24.3 Å². The van der Waals surface area contributed by atoms with Crippen LogP contribution in [0.1, 0.15) is 12.8 Å². The van der Waals surface area contributed by atoms with Gasteiger partial charge in [0.05, 0.1) is 18.1 Å². The number of nitrogens with zero attached hydrogens (tertiary/aromatic N) is 3. The molecule has 2 rings (SSSR count). The molecule has 2 atom stereocenters. The van der Waals surface area contributed by atoms with E-state index in [1.165, 1.54) is 0 Å². The summed E-state index contributed by atoms with van der Waals surface area (Å²) in [7, 11) is 1.96. The predicted octanol–water partition coefficient (Wildman–Crippen LogP) is 2.20. The van der Waals surface area contributed by atoms with Gasteiger partial charge in [-0.05, 0) is 25.6 Å². The number of likely N-dealkylation sites (N-methyl/N-ethyl adjacent to an activating group) is 1. The van der Waals surface area contributed by atoms with Crippen molar-refractivity contribution in [1.82, 2.24) is 4.90 Å². The maximum absolute atomic E-state index is 9.10. The number of rotatable bonds is 6. The van der Waals surface area contributed by atoms with E-state index in [9.17, 15) is 0 Å². The second-order valence-electron chi connectivity index (χ2n) is 5.24. The molecule has 0 spiro atoms. The van der Waals surface area contributed by atoms with Crippen molar-refractivity contribution < 1.29 is 9.47 Å². The summed E-state index contributed by atoms with van der Waals surface area (Å²) in [5, 5.41) is 17.7. The molecule has 0 saturated heterocycles. The van der Waals surface area contributed by atoms with Crippen LogP contribution in [0, 0.1) is 28.6 Å². The van der Waals surface area contributed by atoms with E-state index >= 15 is 0 Å². The van der Waals surface area contributed by atoms with Gasteiger partial charge in [0, 0.05) is 19.5 Å². The van der Waals surface area contributed by atoms with Crippen LogP contribution in [-0.2, 0) is 0 Å². The second kappa shape index (κ2) is 7.52. The number of nitriles is 2. The first-order valence-electron chi connectivity index (χ1n) is 7.06. The first-order chi connectivity index (χ1) is 10.2. The third kappa shape index (κ3) is 4.37. The van der Waals surface area contributed by atoms with E-state index < -0.39 is 0 Å². The summed E-state index contributed by atoms with van der Waals surface area (Å²) in [6.45, 7) is 1.84. The van der Waals surface area contributed by atoms with Gasteiger partial charge >= 0.3 is 0 Å². The summed E-state index contributed by atoms with van der Waals surface area (Å²) in [6.07, 6.45) is 0.991. The van der Waals surface area contributed by atoms with Crippen LogP contribution in [0.25, 0.3) is 0 Å². The lowest BCUT2D eigenvalue weighted by molar-refractivity contribution is 0.0632. The van der Waals surface area contributed by atoms with Gasteiger partial charge in [0.2, 0.25) is 0 Å². The van der Waals surface area contributed by atoms with E-state index in [4.69, 9.17) is 20.0 Å². The van der Waals surface area contributed by atoms with Crippen LogP contribution in [0.2, 0.25) is 0 Å². The van der Waals surface area contributed by atoms with E-state index in [0.29, 0.717) is 32.5 Å². The number of ether oxygens (including phenoxy) is 2. The van der Waals surface area contributed by atoms with Crippen molar-refractivity contribution in [1.29, 1.82) is 10.5 Å². The molecule has 1 aliphatic heterocycles. The fraction of sp³-hybridized carbons (Fsp3) is 0.500. The van der Waals surface area contributed by atoms with Crippen molar-refractivity contribution >= 4 is 0 Å². The van der Waals surface area contributed by atoms with Crippen LogP contribution in [0.5, 0.6) is 11.5 Å². The van der Waals surface area contributed by atoms with Crippen molar-refractivity contribution in [3.05, 3.63) is 24.3 Å². The minimum Gasteiger partial charge on any atom is -0.486 e. The van der Waals surface area contributed by atoms with E-state index in [2.05, 4.69) is 17.0 Å². The van der Waals surface area contributed by atoms with Crippen molar-refractivity contribution in [2.45, 2.75) is 18.9 Å². The van der Waals surface area contributed by atoms with Crippen molar-refractivity contribution in [2.24, 2.45) is 5.92 Å². The molecule has 0 aromatic heterocycles. The molecule has 110 valence electrons. The summed E-state index contributed by atoms with van der Waals surface area (Å²) in [6, 6.07) is 12.0. The van der Waals surface area contributed by atoms with Crippen molar-refractivity contribution in [3.8, 4) is 23.6 Å². The highest BCUT2D eigenvalue weighted by atomic mass is 16.6. The largest absolute Gasteiger partial charge is 0.486 e. The molecular weight excluding hydrogens is 266 g/mol. The standard InChI is InChI=1S/C16H19N3O2/c1-19(10-13(9-18)5-4-8-17)11-14-12-20-15-6-2-3-7-16(15)21-14/h2-3,6-7,13-14H,4-5,10-12H2,1H3/t13-,14-/m0/s1. The van der Waals surface area contributed by atoms with Crippen molar-refractivity contribution in [2.75, 3.05) is 26.7 Å². The predicted molar refractivity (Wildman–Crippen MR) is 77.8 cm³/mol. The molecule has 0 radical (unpaired) electrons. The molecule has 0 unspecified atom stereocenters. The lowest BCUT2D eigenvalue weighted by atomic mass is 10.1. The number of benzene rings is 1. The monoisotopic (exact) mass is 285 g/mol. The average molecular weight is 285 g/mol. The molecule has 1 aromatic carbocycles. The van der Waals surface area contributed by atoms with Gasteiger partial charge in [0.1, 0.15) is 12.7 Å². The Hall–Kier alpha value is -2.24. The Morgan fingerprint density at radius 2 is 2.10 bits per heavy atom. The number of hydrogen-bond donors (Lipinski definition) is 0. The van der Waals surface area contributed by atoms with Gasteiger partial charge < -0.3 is 14.4 Å². The first-order valence-corrected chi connectivity index (χ1v) is 7.06. The van der Waals surface area contributed by atoms with Crippen LogP contribution in [-0.4, -0.2) is 37.7 Å². The molecule has 1 aromatic rings. The van der Waals surface area contributed by atoms with E-state index in [0.717, 1.165) is 11.5 Å². The fourth-order valence-corrected chi connectivity index (χ4v) is 2.39. The van der Waals surface area contributed by atoms with Crippen LogP contribution < -0.4 is 9.47 Å². The number of fused-ring (bicyclic) bond motifs is 1. The SMILES string of the molecule is CN(C[C@H](C#N)CCC#N)C[C@H]1COc2ccccc2O1. The first kappa shape index (κ1) is 15.2. The molecule has 0 bridgehead atoms. The number of hydrogen-bond acceptors (Lipinski definition) is 5. The molecule has 0 saturated carbocycles. The normalized spacial score (nSPS) is 17.8. The lowest BCUT2D eigenvalue weighted by Crippen LogP contribution is -2.40. The highest BCUT2D eigenvalue weighted by Gasteiger charge is 2.22. The minimum atomic E-state index is -0.119. The molecule has 0 amide bonds. The highest BCUT2D eigenvalue weighted by Crippen LogP contribution is 2.30. The Morgan fingerprint density at radius 1 is 1.33 bits per heavy atom. The summed E-state index contributed by atoms with van der Waals surface area (Å²) >= 11 is 0. The molecule has 0 aliphatic carbocycles. The third-order valence-electron chi connectivity index (χ3n) is 3.40. The number of para-hydroxylation sites is 2. The van der Waals surface area contributed by atoms with Gasteiger partial charge in [-0.2, -0.15) is 10.5 Å². The molecule has 1 heterocycles. The lowest BCUT2D eigenvalue weighted by Gasteiger charge is -2.30. The smallest absolute Gasteiger partial charge is 0.161 e.